The van der Waals surface area contributed by atoms with Crippen molar-refractivity contribution in [2.45, 2.75) is 6.42 Å². The van der Waals surface area contributed by atoms with Crippen LogP contribution in [-0.2, 0) is 4.79 Å². The molecule has 4 rings (SSSR count). The van der Waals surface area contributed by atoms with Crippen molar-refractivity contribution >= 4 is 34.1 Å². The number of amides is 3. The number of fused-ring (bicyclic) bond motifs is 1. The van der Waals surface area contributed by atoms with Crippen LogP contribution in [0.5, 0.6) is 5.75 Å². The normalized spacial score (nSPS) is 18.2. The summed E-state index contributed by atoms with van der Waals surface area (Å²) < 4.78 is 5.60. The minimum Gasteiger partial charge on any atom is -0.495 e. The van der Waals surface area contributed by atoms with Crippen molar-refractivity contribution in [1.29, 1.82) is 0 Å². The quantitative estimate of drug-likeness (QED) is 0.857. The number of anilines is 2. The molecular formula is C18H21N5O3. The van der Waals surface area contributed by atoms with Gasteiger partial charge in [-0.15, -0.1) is 0 Å². The Labute approximate surface area is 151 Å². The molecule has 2 N–H and O–H groups in total. The first kappa shape index (κ1) is 16.6. The average molecular weight is 355 g/mol. The smallest absolute Gasteiger partial charge is 0.328 e. The first-order chi connectivity index (χ1) is 12.7. The number of pyridine rings is 1. The molecule has 2 aliphatic rings. The van der Waals surface area contributed by atoms with E-state index in [1.54, 1.807) is 18.2 Å². The molecule has 0 unspecified atom stereocenters. The Morgan fingerprint density at radius 3 is 2.62 bits per heavy atom. The van der Waals surface area contributed by atoms with Crippen LogP contribution < -0.4 is 25.2 Å². The van der Waals surface area contributed by atoms with E-state index >= 15 is 0 Å². The van der Waals surface area contributed by atoms with E-state index in [1.165, 1.54) is 0 Å². The summed E-state index contributed by atoms with van der Waals surface area (Å²) in [6.45, 7) is 3.91. The Morgan fingerprint density at radius 2 is 1.88 bits per heavy atom. The number of aromatic nitrogens is 1. The summed E-state index contributed by atoms with van der Waals surface area (Å²) >= 11 is 0. The van der Waals surface area contributed by atoms with Gasteiger partial charge in [0.05, 0.1) is 24.7 Å². The van der Waals surface area contributed by atoms with Gasteiger partial charge in [-0.2, -0.15) is 0 Å². The van der Waals surface area contributed by atoms with Crippen LogP contribution in [0.25, 0.3) is 10.8 Å². The lowest BCUT2D eigenvalue weighted by molar-refractivity contribution is -0.120. The minimum absolute atomic E-state index is 0.248. The lowest BCUT2D eigenvalue weighted by Crippen LogP contribution is -2.49. The highest BCUT2D eigenvalue weighted by atomic mass is 16.5. The highest BCUT2D eigenvalue weighted by Gasteiger charge is 2.27. The Kier molecular flexibility index (Phi) is 4.34. The van der Waals surface area contributed by atoms with Crippen LogP contribution in [0, 0.1) is 0 Å². The molecule has 2 aromatic rings. The van der Waals surface area contributed by atoms with Gasteiger partial charge >= 0.3 is 6.03 Å². The van der Waals surface area contributed by atoms with Gasteiger partial charge in [-0.3, -0.25) is 20.0 Å². The van der Waals surface area contributed by atoms with Gasteiger partial charge in [-0.1, -0.05) is 0 Å². The number of hydrogen-bond donors (Lipinski definition) is 2. The fourth-order valence-electron chi connectivity index (χ4n) is 3.58. The second kappa shape index (κ2) is 6.80. The third-order valence-corrected chi connectivity index (χ3v) is 4.85. The molecule has 3 heterocycles. The lowest BCUT2D eigenvalue weighted by Gasteiger charge is -2.32. The van der Waals surface area contributed by atoms with Crippen LogP contribution in [0.3, 0.4) is 0 Å². The van der Waals surface area contributed by atoms with Gasteiger partial charge in [-0.25, -0.2) is 4.79 Å². The molecule has 1 aromatic heterocycles. The van der Waals surface area contributed by atoms with Crippen LogP contribution in [0.1, 0.15) is 6.42 Å². The van der Waals surface area contributed by atoms with Crippen molar-refractivity contribution in [3.8, 4) is 5.75 Å². The van der Waals surface area contributed by atoms with Crippen molar-refractivity contribution in [3.63, 3.8) is 0 Å². The van der Waals surface area contributed by atoms with Gasteiger partial charge in [0.25, 0.3) is 0 Å². The van der Waals surface area contributed by atoms with Crippen molar-refractivity contribution in [3.05, 3.63) is 24.5 Å². The predicted octanol–water partition coefficient (Wildman–Crippen LogP) is 1.10. The maximum absolute atomic E-state index is 12.3. The van der Waals surface area contributed by atoms with E-state index in [1.807, 2.05) is 18.3 Å². The number of imide groups is 1. The summed E-state index contributed by atoms with van der Waals surface area (Å²) in [5.74, 6) is 0.541. The fraction of sp³-hybridized carbons (Fsp3) is 0.389. The van der Waals surface area contributed by atoms with E-state index in [9.17, 15) is 9.59 Å². The molecule has 0 spiro atoms. The molecule has 3 amide bonds. The summed E-state index contributed by atoms with van der Waals surface area (Å²) in [5.41, 5.74) is 1.70. The van der Waals surface area contributed by atoms with Gasteiger partial charge in [0.15, 0.2) is 0 Å². The Hall–Kier alpha value is -2.87. The first-order valence-electron chi connectivity index (χ1n) is 8.71. The van der Waals surface area contributed by atoms with Crippen LogP contribution >= 0.6 is 0 Å². The molecule has 0 atom stereocenters. The average Bonchev–Trinajstić information content (AvgIpc) is 2.67. The zero-order chi connectivity index (χ0) is 18.1. The van der Waals surface area contributed by atoms with Gasteiger partial charge < -0.3 is 15.0 Å². The number of methoxy groups -OCH3 is 1. The lowest BCUT2D eigenvalue weighted by atomic mass is 10.1. The van der Waals surface area contributed by atoms with E-state index in [4.69, 9.17) is 4.74 Å². The Bertz CT molecular complexity index is 863. The molecule has 0 saturated carbocycles. The molecule has 8 heteroatoms. The fourth-order valence-corrected chi connectivity index (χ4v) is 3.58. The molecule has 26 heavy (non-hydrogen) atoms. The summed E-state index contributed by atoms with van der Waals surface area (Å²) in [6, 6.07) is 3.46. The van der Waals surface area contributed by atoms with E-state index in [2.05, 4.69) is 20.5 Å². The number of nitrogens with zero attached hydrogens (tertiary/aromatic N) is 3. The minimum atomic E-state index is -0.407. The van der Waals surface area contributed by atoms with E-state index in [-0.39, 0.29) is 12.3 Å². The van der Waals surface area contributed by atoms with Crippen LogP contribution in [-0.4, -0.2) is 56.8 Å². The molecule has 2 aliphatic heterocycles. The number of piperazine rings is 1. The van der Waals surface area contributed by atoms with Crippen LogP contribution in [0.2, 0.25) is 0 Å². The number of benzene rings is 1. The van der Waals surface area contributed by atoms with Crippen molar-refractivity contribution in [2.24, 2.45) is 0 Å². The van der Waals surface area contributed by atoms with Gasteiger partial charge in [0.1, 0.15) is 5.75 Å². The second-order valence-electron chi connectivity index (χ2n) is 6.36. The number of carbonyl (C=O) groups is 2. The molecule has 2 saturated heterocycles. The zero-order valence-electron chi connectivity index (χ0n) is 14.6. The molecular weight excluding hydrogens is 334 g/mol. The molecule has 0 bridgehead atoms. The highest BCUT2D eigenvalue weighted by molar-refractivity contribution is 6.11. The van der Waals surface area contributed by atoms with Crippen LogP contribution in [0.4, 0.5) is 16.2 Å². The van der Waals surface area contributed by atoms with Gasteiger partial charge in [-0.05, 0) is 12.1 Å². The van der Waals surface area contributed by atoms with Crippen molar-refractivity contribution < 1.29 is 14.3 Å². The molecule has 8 nitrogen and oxygen atoms in total. The topological polar surface area (TPSA) is 86.8 Å². The number of carbonyl (C=O) groups excluding carboxylic acids is 2. The van der Waals surface area contributed by atoms with Crippen molar-refractivity contribution in [2.75, 3.05) is 49.6 Å². The largest absolute Gasteiger partial charge is 0.495 e. The first-order valence-corrected chi connectivity index (χ1v) is 8.71. The monoisotopic (exact) mass is 355 g/mol. The van der Waals surface area contributed by atoms with Crippen molar-refractivity contribution in [1.82, 2.24) is 15.6 Å². The summed E-state index contributed by atoms with van der Waals surface area (Å²) in [6.07, 6.45) is 3.76. The predicted molar refractivity (Wildman–Crippen MR) is 98.9 cm³/mol. The molecule has 0 aliphatic carbocycles. The SMILES string of the molecule is COc1ccc2c(N3CCC(=O)NC3=O)cncc2c1N1CCNCC1. The van der Waals surface area contributed by atoms with E-state index in [0.717, 1.165) is 48.4 Å². The molecule has 0 radical (unpaired) electrons. The number of nitrogens with one attached hydrogen (secondary N) is 2. The number of rotatable bonds is 3. The molecule has 2 fully saturated rings. The van der Waals surface area contributed by atoms with Crippen LogP contribution in [0.15, 0.2) is 24.5 Å². The molecule has 136 valence electrons. The van der Waals surface area contributed by atoms with E-state index in [0.29, 0.717) is 12.2 Å². The Morgan fingerprint density at radius 1 is 1.08 bits per heavy atom. The van der Waals surface area contributed by atoms with Gasteiger partial charge in [0, 0.05) is 56.1 Å². The summed E-state index contributed by atoms with van der Waals surface area (Å²) in [7, 11) is 1.66. The third-order valence-electron chi connectivity index (χ3n) is 4.85. The maximum atomic E-state index is 12.3. The number of urea groups is 1. The third kappa shape index (κ3) is 2.82. The standard InChI is InChI=1S/C18H21N5O3/c1-26-15-3-2-12-13(17(15)22-8-5-19-6-9-22)10-20-11-14(12)23-7-4-16(24)21-18(23)25/h2-3,10-11,19H,4-9H2,1H3,(H,21,24,25). The van der Waals surface area contributed by atoms with E-state index < -0.39 is 6.03 Å². The molecule has 1 aromatic carbocycles. The number of ether oxygens (including phenoxy) is 1. The Balaban J connectivity index is 1.84. The highest BCUT2D eigenvalue weighted by Crippen LogP contribution is 2.39. The summed E-state index contributed by atoms with van der Waals surface area (Å²) in [4.78, 5) is 32.0. The second-order valence-corrected chi connectivity index (χ2v) is 6.36. The summed E-state index contributed by atoms with van der Waals surface area (Å²) in [5, 5.41) is 7.58. The zero-order valence-corrected chi connectivity index (χ0v) is 14.6. The van der Waals surface area contributed by atoms with Gasteiger partial charge in [0.2, 0.25) is 5.91 Å². The maximum Gasteiger partial charge on any atom is 0.328 e. The number of hydrogen-bond acceptors (Lipinski definition) is 6.